The fraction of sp³-hybridized carbons (Fsp3) is 0.333. The first-order chi connectivity index (χ1) is 13.6. The average Bonchev–Trinajstić information content (AvgIpc) is 2.67. The van der Waals surface area contributed by atoms with Crippen LogP contribution in [0.25, 0.3) is 0 Å². The Balaban J connectivity index is 2.28. The Morgan fingerprint density at radius 1 is 1.10 bits per heavy atom. The number of alkyl halides is 3. The Hall–Kier alpha value is -2.50. The van der Waals surface area contributed by atoms with E-state index in [-0.39, 0.29) is 42.9 Å². The molecule has 2 rings (SSSR count). The lowest BCUT2D eigenvalue weighted by Crippen LogP contribution is -2.34. The Kier molecular flexibility index (Phi) is 7.33. The molecule has 0 aliphatic heterocycles. The van der Waals surface area contributed by atoms with Crippen molar-refractivity contribution in [1.82, 2.24) is 9.71 Å². The van der Waals surface area contributed by atoms with Crippen molar-refractivity contribution in [3.63, 3.8) is 0 Å². The van der Waals surface area contributed by atoms with Crippen LogP contribution in [-0.2, 0) is 22.8 Å². The summed E-state index contributed by atoms with van der Waals surface area (Å²) in [4.78, 5) is 16.1. The van der Waals surface area contributed by atoms with Crippen LogP contribution in [-0.4, -0.2) is 36.1 Å². The minimum Gasteiger partial charge on any atom is -0.396 e. The summed E-state index contributed by atoms with van der Waals surface area (Å²) >= 11 is 0. The molecule has 158 valence electrons. The third-order valence-corrected chi connectivity index (χ3v) is 5.82. The number of nitrogens with zero attached hydrogens (tertiary/aromatic N) is 1. The lowest BCUT2D eigenvalue weighted by Gasteiger charge is -2.19. The van der Waals surface area contributed by atoms with Crippen molar-refractivity contribution in [3.8, 4) is 0 Å². The number of aliphatic hydroxyl groups excluding tert-OH is 2. The number of nitrogens with one attached hydrogen (secondary N) is 1. The molecular weight excluding hydrogens is 413 g/mol. The van der Waals surface area contributed by atoms with Gasteiger partial charge in [-0.15, -0.1) is 0 Å². The number of amides is 1. The summed E-state index contributed by atoms with van der Waals surface area (Å²) in [6.45, 7) is -0.676. The van der Waals surface area contributed by atoms with E-state index in [2.05, 4.69) is 4.98 Å². The second-order valence-electron chi connectivity index (χ2n) is 6.15. The van der Waals surface area contributed by atoms with Gasteiger partial charge in [0.25, 0.3) is 5.91 Å². The maximum absolute atomic E-state index is 12.7. The molecule has 11 heteroatoms. The summed E-state index contributed by atoms with van der Waals surface area (Å²) < 4.78 is 65.6. The normalized spacial score (nSPS) is 13.1. The zero-order valence-electron chi connectivity index (χ0n) is 15.1. The lowest BCUT2D eigenvalue weighted by atomic mass is 10.1. The molecule has 1 aromatic heterocycles. The molecule has 1 unspecified atom stereocenters. The van der Waals surface area contributed by atoms with Crippen molar-refractivity contribution in [2.75, 3.05) is 6.61 Å². The molecule has 0 fully saturated rings. The number of aliphatic hydroxyl groups is 2. The van der Waals surface area contributed by atoms with Gasteiger partial charge in [0.05, 0.1) is 23.4 Å². The van der Waals surface area contributed by atoms with Crippen LogP contribution in [0.4, 0.5) is 13.2 Å². The molecule has 1 atom stereocenters. The number of aromatic nitrogens is 1. The number of rotatable bonds is 8. The van der Waals surface area contributed by atoms with Crippen LogP contribution < -0.4 is 4.72 Å². The van der Waals surface area contributed by atoms with Gasteiger partial charge in [0.1, 0.15) is 5.25 Å². The first kappa shape index (κ1) is 22.8. The molecule has 1 heterocycles. The molecule has 7 nitrogen and oxygen atoms in total. The second kappa shape index (κ2) is 9.33. The van der Waals surface area contributed by atoms with E-state index >= 15 is 0 Å². The molecule has 0 saturated carbocycles. The van der Waals surface area contributed by atoms with E-state index in [4.69, 9.17) is 10.2 Å². The highest BCUT2D eigenvalue weighted by molar-refractivity contribution is 7.90. The molecule has 1 aromatic carbocycles. The highest BCUT2D eigenvalue weighted by Gasteiger charge is 2.32. The summed E-state index contributed by atoms with van der Waals surface area (Å²) in [7, 11) is -4.33. The number of carbonyl (C=O) groups is 1. The van der Waals surface area contributed by atoms with Crippen molar-refractivity contribution < 1.29 is 36.6 Å². The first-order valence-corrected chi connectivity index (χ1v) is 10.0. The van der Waals surface area contributed by atoms with E-state index in [1.165, 1.54) is 12.1 Å². The van der Waals surface area contributed by atoms with E-state index in [1.54, 1.807) is 0 Å². The van der Waals surface area contributed by atoms with Gasteiger partial charge >= 0.3 is 6.18 Å². The maximum atomic E-state index is 12.7. The molecule has 29 heavy (non-hydrogen) atoms. The smallest absolute Gasteiger partial charge is 0.396 e. The van der Waals surface area contributed by atoms with E-state index in [1.807, 2.05) is 4.72 Å². The number of carbonyl (C=O) groups excluding carboxylic acids is 1. The summed E-state index contributed by atoms with van der Waals surface area (Å²) in [5, 5.41) is 16.6. The summed E-state index contributed by atoms with van der Waals surface area (Å²) in [5.41, 5.74) is -0.659. The zero-order valence-corrected chi connectivity index (χ0v) is 15.9. The van der Waals surface area contributed by atoms with Crippen molar-refractivity contribution in [2.45, 2.75) is 30.9 Å². The van der Waals surface area contributed by atoms with E-state index in [0.717, 1.165) is 30.5 Å². The molecular formula is C18H19F3N2O5S. The number of hydrogen-bond donors (Lipinski definition) is 3. The molecule has 0 spiro atoms. The van der Waals surface area contributed by atoms with Crippen LogP contribution in [0.15, 0.2) is 42.6 Å². The van der Waals surface area contributed by atoms with Gasteiger partial charge in [-0.05, 0) is 42.7 Å². The quantitative estimate of drug-likeness (QED) is 0.589. The summed E-state index contributed by atoms with van der Waals surface area (Å²) in [6.07, 6.45) is -3.52. The maximum Gasteiger partial charge on any atom is 0.416 e. The number of benzene rings is 1. The van der Waals surface area contributed by atoms with Gasteiger partial charge in [-0.25, -0.2) is 13.1 Å². The number of pyridine rings is 1. The van der Waals surface area contributed by atoms with Gasteiger partial charge < -0.3 is 10.2 Å². The number of sulfonamides is 1. The summed E-state index contributed by atoms with van der Waals surface area (Å²) in [6, 6.07) is 6.22. The van der Waals surface area contributed by atoms with Crippen LogP contribution in [0.2, 0.25) is 0 Å². The van der Waals surface area contributed by atoms with Crippen LogP contribution in [0.3, 0.4) is 0 Å². The van der Waals surface area contributed by atoms with Crippen LogP contribution in [0, 0.1) is 0 Å². The van der Waals surface area contributed by atoms with Gasteiger partial charge in [0.2, 0.25) is 10.0 Å². The average molecular weight is 432 g/mol. The lowest BCUT2D eigenvalue weighted by molar-refractivity contribution is -0.137. The topological polar surface area (TPSA) is 117 Å². The predicted molar refractivity (Wildman–Crippen MR) is 97.1 cm³/mol. The minimum absolute atomic E-state index is 0.0560. The van der Waals surface area contributed by atoms with Gasteiger partial charge in [0, 0.05) is 12.8 Å². The Bertz CT molecular complexity index is 929. The van der Waals surface area contributed by atoms with Crippen molar-refractivity contribution in [3.05, 3.63) is 65.0 Å². The minimum atomic E-state index is -4.57. The molecule has 0 bridgehead atoms. The van der Waals surface area contributed by atoms with Crippen molar-refractivity contribution in [1.29, 1.82) is 0 Å². The van der Waals surface area contributed by atoms with Gasteiger partial charge in [0.15, 0.2) is 0 Å². The van der Waals surface area contributed by atoms with E-state index in [9.17, 15) is 26.4 Å². The Morgan fingerprint density at radius 3 is 2.24 bits per heavy atom. The van der Waals surface area contributed by atoms with Crippen LogP contribution in [0.1, 0.15) is 45.3 Å². The highest BCUT2D eigenvalue weighted by atomic mass is 32.2. The number of hydrogen-bond acceptors (Lipinski definition) is 6. The monoisotopic (exact) mass is 432 g/mol. The molecule has 2 aromatic rings. The standard InChI is InChI=1S/C18H19F3N2O5S/c19-18(20,21)14-6-3-12(4-7-14)16(2-1-9-24)29(27,28)23-17(26)13-5-8-15(11-25)22-10-13/h3-8,10,16,24-25H,1-2,9,11H2,(H,23,26). The fourth-order valence-electron chi connectivity index (χ4n) is 2.58. The van der Waals surface area contributed by atoms with E-state index in [0.29, 0.717) is 0 Å². The van der Waals surface area contributed by atoms with Gasteiger partial charge in [-0.3, -0.25) is 9.78 Å². The van der Waals surface area contributed by atoms with Gasteiger partial charge in [-0.1, -0.05) is 12.1 Å². The molecule has 0 saturated heterocycles. The number of halogens is 3. The van der Waals surface area contributed by atoms with Crippen molar-refractivity contribution in [2.24, 2.45) is 0 Å². The third kappa shape index (κ3) is 5.99. The molecule has 0 radical (unpaired) electrons. The molecule has 0 aliphatic carbocycles. The fourth-order valence-corrected chi connectivity index (χ4v) is 4.09. The van der Waals surface area contributed by atoms with Crippen LogP contribution in [0.5, 0.6) is 0 Å². The first-order valence-electron chi connectivity index (χ1n) is 8.48. The Labute approximate surface area is 165 Å². The SMILES string of the molecule is O=C(NS(=O)(=O)C(CCCO)c1ccc(C(F)(F)F)cc1)c1ccc(CO)nc1. The third-order valence-electron chi connectivity index (χ3n) is 4.09. The largest absolute Gasteiger partial charge is 0.416 e. The molecule has 1 amide bonds. The summed E-state index contributed by atoms with van der Waals surface area (Å²) in [5.74, 6) is -0.970. The highest BCUT2D eigenvalue weighted by Crippen LogP contribution is 2.32. The van der Waals surface area contributed by atoms with Crippen molar-refractivity contribution >= 4 is 15.9 Å². The zero-order chi connectivity index (χ0) is 21.7. The van der Waals surface area contributed by atoms with E-state index < -0.39 is 32.9 Å². The van der Waals surface area contributed by atoms with Crippen LogP contribution >= 0.6 is 0 Å². The second-order valence-corrected chi connectivity index (χ2v) is 8.01. The Morgan fingerprint density at radius 2 is 1.76 bits per heavy atom. The van der Waals surface area contributed by atoms with Gasteiger partial charge in [-0.2, -0.15) is 13.2 Å². The predicted octanol–water partition coefficient (Wildman–Crippen LogP) is 2.17. The molecule has 3 N–H and O–H groups in total. The molecule has 0 aliphatic rings.